The van der Waals surface area contributed by atoms with Crippen LogP contribution >= 0.6 is 24.0 Å². The first-order valence-corrected chi connectivity index (χ1v) is 5.53. The molecule has 1 fully saturated rings. The van der Waals surface area contributed by atoms with Crippen molar-refractivity contribution in [1.82, 2.24) is 10.4 Å². The molecular formula is C8H16N2OS2. The van der Waals surface area contributed by atoms with Gasteiger partial charge in [-0.3, -0.25) is 0 Å². The van der Waals surface area contributed by atoms with Crippen LogP contribution in [0.1, 0.15) is 27.7 Å². The fourth-order valence-electron chi connectivity index (χ4n) is 1.50. The molecule has 1 heterocycles. The second-order valence-corrected chi connectivity index (χ2v) is 6.29. The summed E-state index contributed by atoms with van der Waals surface area (Å²) in [6, 6.07) is 0.312. The van der Waals surface area contributed by atoms with Crippen molar-refractivity contribution in [2.24, 2.45) is 0 Å². The molecule has 3 nitrogen and oxygen atoms in total. The molecule has 1 saturated heterocycles. The minimum Gasteiger partial charge on any atom is -0.336 e. The molecule has 0 spiro atoms. The van der Waals surface area contributed by atoms with Crippen LogP contribution in [0, 0.1) is 0 Å². The number of nitrogens with zero attached hydrogens (tertiary/aromatic N) is 1. The number of hydrogen-bond donors (Lipinski definition) is 2. The highest BCUT2D eigenvalue weighted by atomic mass is 32.2. The summed E-state index contributed by atoms with van der Waals surface area (Å²) < 4.78 is 0.780. The first-order chi connectivity index (χ1) is 5.90. The van der Waals surface area contributed by atoms with E-state index in [4.69, 9.17) is 17.4 Å². The largest absolute Gasteiger partial charge is 0.336 e. The first kappa shape index (κ1) is 11.2. The lowest BCUT2D eigenvalue weighted by molar-refractivity contribution is 0.0462. The highest BCUT2D eigenvalue weighted by Crippen LogP contribution is 2.40. The third-order valence-corrected chi connectivity index (χ3v) is 3.77. The number of thioether (sulfide) groups is 1. The summed E-state index contributed by atoms with van der Waals surface area (Å²) in [5.41, 5.74) is 2.33. The fourth-order valence-corrected chi connectivity index (χ4v) is 3.61. The Morgan fingerprint density at radius 3 is 2.46 bits per heavy atom. The van der Waals surface area contributed by atoms with E-state index in [0.29, 0.717) is 6.04 Å². The van der Waals surface area contributed by atoms with Crippen molar-refractivity contribution >= 4 is 28.3 Å². The molecule has 13 heavy (non-hydrogen) atoms. The van der Waals surface area contributed by atoms with Crippen LogP contribution in [0.25, 0.3) is 0 Å². The van der Waals surface area contributed by atoms with Crippen LogP contribution in [-0.4, -0.2) is 31.4 Å². The average molecular weight is 220 g/mol. The van der Waals surface area contributed by atoms with Crippen LogP contribution in [0.5, 0.6) is 0 Å². The number of thiocarbonyl (C=S) groups is 1. The second kappa shape index (κ2) is 3.73. The van der Waals surface area contributed by atoms with Crippen molar-refractivity contribution in [1.29, 1.82) is 0 Å². The maximum atomic E-state index is 9.07. The predicted octanol–water partition coefficient (Wildman–Crippen LogP) is 1.81. The maximum absolute atomic E-state index is 9.07. The predicted molar refractivity (Wildman–Crippen MR) is 60.0 cm³/mol. The van der Waals surface area contributed by atoms with E-state index >= 15 is 0 Å². The second-order valence-electron chi connectivity index (χ2n) is 4.00. The quantitative estimate of drug-likeness (QED) is 0.548. The Morgan fingerprint density at radius 1 is 1.62 bits per heavy atom. The van der Waals surface area contributed by atoms with Crippen molar-refractivity contribution in [2.75, 3.05) is 0 Å². The van der Waals surface area contributed by atoms with Crippen LogP contribution in [0.4, 0.5) is 0 Å². The van der Waals surface area contributed by atoms with Gasteiger partial charge >= 0.3 is 0 Å². The molecule has 0 radical (unpaired) electrons. The minimum atomic E-state index is -0.0926. The average Bonchev–Trinajstić information content (AvgIpc) is 2.18. The molecule has 76 valence electrons. The molecule has 1 aliphatic heterocycles. The molecule has 0 aromatic carbocycles. The Balaban J connectivity index is 2.90. The van der Waals surface area contributed by atoms with Crippen LogP contribution in [0.15, 0.2) is 0 Å². The van der Waals surface area contributed by atoms with Crippen molar-refractivity contribution in [3.8, 4) is 0 Å². The lowest BCUT2D eigenvalue weighted by Crippen LogP contribution is -2.52. The van der Waals surface area contributed by atoms with E-state index in [1.165, 1.54) is 0 Å². The van der Waals surface area contributed by atoms with Crippen LogP contribution < -0.4 is 5.48 Å². The van der Waals surface area contributed by atoms with Crippen molar-refractivity contribution in [2.45, 2.75) is 44.6 Å². The van der Waals surface area contributed by atoms with E-state index in [2.05, 4.69) is 33.2 Å². The molecule has 2 N–H and O–H groups in total. The summed E-state index contributed by atoms with van der Waals surface area (Å²) in [7, 11) is 0. The molecule has 0 bridgehead atoms. The standard InChI is InChI=1S/C8H16N2OS2/c1-5(2)10-6(9-11)8(3,4)13-7(10)12/h5-6,9,11H,1-4H3/t6-/m1/s1. The zero-order chi connectivity index (χ0) is 10.2. The van der Waals surface area contributed by atoms with E-state index in [1.54, 1.807) is 11.8 Å². The Bertz CT molecular complexity index is 218. The summed E-state index contributed by atoms with van der Waals surface area (Å²) in [5.74, 6) is 0. The zero-order valence-corrected chi connectivity index (χ0v) is 10.00. The topological polar surface area (TPSA) is 35.5 Å². The van der Waals surface area contributed by atoms with Gasteiger partial charge in [0.1, 0.15) is 10.5 Å². The Hall–Kier alpha value is 0.160. The summed E-state index contributed by atoms with van der Waals surface area (Å²) in [5, 5.41) is 9.07. The lowest BCUT2D eigenvalue weighted by Gasteiger charge is -2.33. The molecule has 1 aliphatic rings. The fraction of sp³-hybridized carbons (Fsp3) is 0.875. The van der Waals surface area contributed by atoms with E-state index in [0.717, 1.165) is 4.32 Å². The van der Waals surface area contributed by atoms with Gasteiger partial charge in [-0.15, -0.1) is 0 Å². The Kier molecular flexibility index (Phi) is 3.22. The SMILES string of the molecule is CC(C)N1C(=S)SC(C)(C)[C@@H]1NO. The number of rotatable bonds is 2. The first-order valence-electron chi connectivity index (χ1n) is 4.31. The van der Waals surface area contributed by atoms with Gasteiger partial charge in [0.15, 0.2) is 0 Å². The molecule has 0 saturated carbocycles. The molecule has 0 aliphatic carbocycles. The van der Waals surface area contributed by atoms with E-state index in [9.17, 15) is 0 Å². The van der Waals surface area contributed by atoms with Gasteiger partial charge in [0, 0.05) is 6.04 Å². The summed E-state index contributed by atoms with van der Waals surface area (Å²) in [6.07, 6.45) is -0.0926. The van der Waals surface area contributed by atoms with Crippen molar-refractivity contribution in [3.63, 3.8) is 0 Å². The molecule has 1 rings (SSSR count). The Morgan fingerprint density at radius 2 is 2.15 bits per heavy atom. The van der Waals surface area contributed by atoms with Gasteiger partial charge in [-0.2, -0.15) is 5.48 Å². The highest BCUT2D eigenvalue weighted by Gasteiger charge is 2.45. The van der Waals surface area contributed by atoms with Gasteiger partial charge in [0.25, 0.3) is 0 Å². The zero-order valence-electron chi connectivity index (χ0n) is 8.37. The highest BCUT2D eigenvalue weighted by molar-refractivity contribution is 8.24. The molecule has 1 atom stereocenters. The minimum absolute atomic E-state index is 0.0733. The molecule has 5 heteroatoms. The van der Waals surface area contributed by atoms with Gasteiger partial charge in [-0.25, -0.2) is 0 Å². The lowest BCUT2D eigenvalue weighted by atomic mass is 10.1. The van der Waals surface area contributed by atoms with Crippen molar-refractivity contribution in [3.05, 3.63) is 0 Å². The number of hydroxylamine groups is 1. The van der Waals surface area contributed by atoms with Gasteiger partial charge < -0.3 is 10.1 Å². The monoisotopic (exact) mass is 220 g/mol. The smallest absolute Gasteiger partial charge is 0.138 e. The molecular weight excluding hydrogens is 204 g/mol. The van der Waals surface area contributed by atoms with Crippen LogP contribution in [0.2, 0.25) is 0 Å². The van der Waals surface area contributed by atoms with Crippen LogP contribution in [0.3, 0.4) is 0 Å². The van der Waals surface area contributed by atoms with Gasteiger partial charge in [0.2, 0.25) is 0 Å². The summed E-state index contributed by atoms with van der Waals surface area (Å²) in [4.78, 5) is 2.03. The summed E-state index contributed by atoms with van der Waals surface area (Å²) in [6.45, 7) is 8.28. The molecule has 0 aromatic heterocycles. The van der Waals surface area contributed by atoms with Gasteiger partial charge in [0.05, 0.1) is 4.75 Å². The van der Waals surface area contributed by atoms with E-state index < -0.39 is 0 Å². The maximum Gasteiger partial charge on any atom is 0.138 e. The summed E-state index contributed by atoms with van der Waals surface area (Å²) >= 11 is 6.87. The van der Waals surface area contributed by atoms with E-state index in [1.807, 2.05) is 4.90 Å². The van der Waals surface area contributed by atoms with Crippen LogP contribution in [-0.2, 0) is 0 Å². The number of hydrogen-bond acceptors (Lipinski definition) is 4. The third-order valence-electron chi connectivity index (χ3n) is 2.18. The normalized spacial score (nSPS) is 27.4. The van der Waals surface area contributed by atoms with Crippen molar-refractivity contribution < 1.29 is 5.21 Å². The van der Waals surface area contributed by atoms with Gasteiger partial charge in [-0.1, -0.05) is 24.0 Å². The van der Waals surface area contributed by atoms with Gasteiger partial charge in [-0.05, 0) is 27.7 Å². The number of nitrogens with one attached hydrogen (secondary N) is 1. The third kappa shape index (κ3) is 1.98. The van der Waals surface area contributed by atoms with E-state index in [-0.39, 0.29) is 10.9 Å². The molecule has 0 unspecified atom stereocenters. The molecule has 0 aromatic rings. The Labute approximate surface area is 88.8 Å². The molecule has 0 amide bonds.